The topological polar surface area (TPSA) is 92.4 Å². The van der Waals surface area contributed by atoms with Gasteiger partial charge < -0.3 is 20.7 Å². The largest absolute Gasteiger partial charge is 0.483 e. The number of carbonyl (C=O) groups excluding carboxylic acids is 2. The Morgan fingerprint density at radius 2 is 1.89 bits per heavy atom. The Labute approximate surface area is 212 Å². The van der Waals surface area contributed by atoms with Crippen molar-refractivity contribution in [2.45, 2.75) is 51.3 Å². The molecular formula is C25H26ClFN4O3S. The maximum absolute atomic E-state index is 13.7. The van der Waals surface area contributed by atoms with Gasteiger partial charge in [-0.1, -0.05) is 42.6 Å². The SMILES string of the molecule is Cc1ccc(NC(=O)NC2CCCCC2NC(=O)c2csc(COc3ccccc3F)n2)cc1Cl. The van der Waals surface area contributed by atoms with E-state index in [2.05, 4.69) is 20.9 Å². The van der Waals surface area contributed by atoms with E-state index in [4.69, 9.17) is 16.3 Å². The van der Waals surface area contributed by atoms with Crippen LogP contribution in [0.15, 0.2) is 47.8 Å². The molecule has 0 radical (unpaired) electrons. The number of halogens is 2. The Morgan fingerprint density at radius 1 is 1.14 bits per heavy atom. The molecule has 3 aromatic rings. The average molecular weight is 517 g/mol. The first kappa shape index (κ1) is 24.9. The lowest BCUT2D eigenvalue weighted by atomic mass is 9.90. The van der Waals surface area contributed by atoms with Gasteiger partial charge in [0.2, 0.25) is 0 Å². The summed E-state index contributed by atoms with van der Waals surface area (Å²) >= 11 is 7.41. The van der Waals surface area contributed by atoms with Crippen molar-refractivity contribution in [1.82, 2.24) is 15.6 Å². The fraction of sp³-hybridized carbons (Fsp3) is 0.320. The van der Waals surface area contributed by atoms with Crippen LogP contribution < -0.4 is 20.7 Å². The molecule has 3 N–H and O–H groups in total. The highest BCUT2D eigenvalue weighted by Gasteiger charge is 2.29. The molecule has 0 spiro atoms. The standard InChI is InChI=1S/C25H26ClFN4O3S/c1-15-10-11-16(12-17(15)26)28-25(33)31-20-8-4-3-7-19(20)30-24(32)21-14-35-23(29-21)13-34-22-9-5-2-6-18(22)27/h2,5-6,9-12,14,19-20H,3-4,7-8,13H2,1H3,(H,30,32)(H2,28,31,33). The third-order valence-corrected chi connectivity index (χ3v) is 7.03. The van der Waals surface area contributed by atoms with E-state index in [1.165, 1.54) is 23.5 Å². The van der Waals surface area contributed by atoms with E-state index in [-0.39, 0.29) is 42.1 Å². The number of ether oxygens (including phenoxy) is 1. The molecule has 0 saturated heterocycles. The van der Waals surface area contributed by atoms with Crippen LogP contribution in [-0.4, -0.2) is 29.0 Å². The minimum atomic E-state index is -0.452. The van der Waals surface area contributed by atoms with Crippen molar-refractivity contribution in [3.63, 3.8) is 0 Å². The summed E-state index contributed by atoms with van der Waals surface area (Å²) in [7, 11) is 0. The van der Waals surface area contributed by atoms with Crippen LogP contribution in [0.2, 0.25) is 5.02 Å². The molecule has 1 aliphatic rings. The van der Waals surface area contributed by atoms with Crippen LogP contribution in [0, 0.1) is 12.7 Å². The van der Waals surface area contributed by atoms with Crippen LogP contribution in [0.25, 0.3) is 0 Å². The van der Waals surface area contributed by atoms with E-state index in [0.717, 1.165) is 31.2 Å². The quantitative estimate of drug-likeness (QED) is 0.376. The van der Waals surface area contributed by atoms with Crippen LogP contribution in [0.5, 0.6) is 5.75 Å². The molecule has 0 aliphatic heterocycles. The van der Waals surface area contributed by atoms with Gasteiger partial charge in [-0.15, -0.1) is 11.3 Å². The molecule has 1 aliphatic carbocycles. The van der Waals surface area contributed by atoms with Gasteiger partial charge in [-0.25, -0.2) is 14.2 Å². The number of para-hydroxylation sites is 1. The number of nitrogens with zero attached hydrogens (tertiary/aromatic N) is 1. The lowest BCUT2D eigenvalue weighted by Crippen LogP contribution is -2.54. The van der Waals surface area contributed by atoms with Crippen LogP contribution in [0.4, 0.5) is 14.9 Å². The Kier molecular flexibility index (Phi) is 8.20. The number of amides is 3. The number of benzene rings is 2. The van der Waals surface area contributed by atoms with Crippen LogP contribution >= 0.6 is 22.9 Å². The number of rotatable bonds is 7. The number of nitrogens with one attached hydrogen (secondary N) is 3. The molecule has 3 amide bonds. The van der Waals surface area contributed by atoms with Crippen molar-refractivity contribution in [3.8, 4) is 5.75 Å². The summed E-state index contributed by atoms with van der Waals surface area (Å²) in [5, 5.41) is 11.6. The monoisotopic (exact) mass is 516 g/mol. The molecule has 4 rings (SSSR count). The van der Waals surface area contributed by atoms with Crippen LogP contribution in [0.1, 0.15) is 46.7 Å². The van der Waals surface area contributed by atoms with Crippen molar-refractivity contribution in [2.24, 2.45) is 0 Å². The molecule has 2 aromatic carbocycles. The molecule has 0 bridgehead atoms. The van der Waals surface area contributed by atoms with Gasteiger partial charge in [-0.3, -0.25) is 4.79 Å². The summed E-state index contributed by atoms with van der Waals surface area (Å²) in [5.41, 5.74) is 1.80. The van der Waals surface area contributed by atoms with Crippen molar-refractivity contribution >= 4 is 40.6 Å². The lowest BCUT2D eigenvalue weighted by Gasteiger charge is -2.32. The zero-order valence-corrected chi connectivity index (χ0v) is 20.7. The third-order valence-electron chi connectivity index (χ3n) is 5.80. The van der Waals surface area contributed by atoms with E-state index >= 15 is 0 Å². The first-order chi connectivity index (χ1) is 16.9. The highest BCUT2D eigenvalue weighted by Crippen LogP contribution is 2.22. The maximum Gasteiger partial charge on any atom is 0.319 e. The number of aromatic nitrogens is 1. The molecule has 1 saturated carbocycles. The number of hydrogen-bond acceptors (Lipinski definition) is 5. The molecule has 1 aromatic heterocycles. The van der Waals surface area contributed by atoms with Gasteiger partial charge in [0.15, 0.2) is 11.6 Å². The highest BCUT2D eigenvalue weighted by molar-refractivity contribution is 7.09. The summed E-state index contributed by atoms with van der Waals surface area (Å²) in [6, 6.07) is 10.7. The second kappa shape index (κ2) is 11.5. The lowest BCUT2D eigenvalue weighted by molar-refractivity contribution is 0.0911. The molecule has 1 fully saturated rings. The second-order valence-corrected chi connectivity index (χ2v) is 9.73. The van der Waals surface area contributed by atoms with Crippen molar-refractivity contribution in [2.75, 3.05) is 5.32 Å². The van der Waals surface area contributed by atoms with Gasteiger partial charge in [0.25, 0.3) is 5.91 Å². The fourth-order valence-corrected chi connectivity index (χ4v) is 4.77. The number of aryl methyl sites for hydroxylation is 1. The molecule has 1 heterocycles. The van der Waals surface area contributed by atoms with Crippen molar-refractivity contribution in [3.05, 3.63) is 74.9 Å². The van der Waals surface area contributed by atoms with Crippen molar-refractivity contribution < 1.29 is 18.7 Å². The average Bonchev–Trinajstić information content (AvgIpc) is 3.31. The minimum Gasteiger partial charge on any atom is -0.483 e. The summed E-state index contributed by atoms with van der Waals surface area (Å²) in [4.78, 5) is 29.7. The molecule has 7 nitrogen and oxygen atoms in total. The maximum atomic E-state index is 13.7. The number of carbonyl (C=O) groups is 2. The van der Waals surface area contributed by atoms with Crippen molar-refractivity contribution in [1.29, 1.82) is 0 Å². The van der Waals surface area contributed by atoms with Gasteiger partial charge in [0.1, 0.15) is 17.3 Å². The number of urea groups is 1. The molecule has 184 valence electrons. The van der Waals surface area contributed by atoms with Gasteiger partial charge in [-0.05, 0) is 49.6 Å². The number of anilines is 1. The number of hydrogen-bond donors (Lipinski definition) is 3. The van der Waals surface area contributed by atoms with E-state index < -0.39 is 5.82 Å². The van der Waals surface area contributed by atoms with E-state index in [9.17, 15) is 14.0 Å². The smallest absolute Gasteiger partial charge is 0.319 e. The van der Waals surface area contributed by atoms with Gasteiger partial charge >= 0.3 is 6.03 Å². The fourth-order valence-electron chi connectivity index (χ4n) is 3.91. The molecule has 2 unspecified atom stereocenters. The molecule has 10 heteroatoms. The predicted molar refractivity (Wildman–Crippen MR) is 135 cm³/mol. The zero-order valence-electron chi connectivity index (χ0n) is 19.1. The summed E-state index contributed by atoms with van der Waals surface area (Å²) in [6.45, 7) is 1.96. The normalized spacial score (nSPS) is 17.5. The van der Waals surface area contributed by atoms with E-state index in [1.807, 2.05) is 13.0 Å². The van der Waals surface area contributed by atoms with Crippen LogP contribution in [-0.2, 0) is 6.61 Å². The first-order valence-corrected chi connectivity index (χ1v) is 12.6. The highest BCUT2D eigenvalue weighted by atomic mass is 35.5. The Bertz CT molecular complexity index is 1200. The van der Waals surface area contributed by atoms with E-state index in [0.29, 0.717) is 15.7 Å². The van der Waals surface area contributed by atoms with E-state index in [1.54, 1.807) is 29.6 Å². The van der Waals surface area contributed by atoms with Gasteiger partial charge in [-0.2, -0.15) is 0 Å². The second-order valence-electron chi connectivity index (χ2n) is 8.38. The Hall–Kier alpha value is -3.17. The third kappa shape index (κ3) is 6.70. The summed E-state index contributed by atoms with van der Waals surface area (Å²) < 4.78 is 19.2. The van der Waals surface area contributed by atoms with Gasteiger partial charge in [0, 0.05) is 22.1 Å². The minimum absolute atomic E-state index is 0.0652. The Morgan fingerprint density at radius 3 is 2.63 bits per heavy atom. The predicted octanol–water partition coefficient (Wildman–Crippen LogP) is 5.69. The van der Waals surface area contributed by atoms with Crippen LogP contribution in [0.3, 0.4) is 0 Å². The summed E-state index contributed by atoms with van der Waals surface area (Å²) in [5.74, 6) is -0.633. The molecular weight excluding hydrogens is 491 g/mol. The molecule has 2 atom stereocenters. The zero-order chi connectivity index (χ0) is 24.8. The molecule has 35 heavy (non-hydrogen) atoms. The number of thiazole rings is 1. The van der Waals surface area contributed by atoms with Gasteiger partial charge in [0.05, 0.1) is 6.04 Å². The first-order valence-electron chi connectivity index (χ1n) is 11.4. The Balaban J connectivity index is 1.32. The summed E-state index contributed by atoms with van der Waals surface area (Å²) in [6.07, 6.45) is 3.42.